The molecule has 0 aromatic rings. The van der Waals surface area contributed by atoms with Crippen LogP contribution in [0.3, 0.4) is 0 Å². The zero-order chi connectivity index (χ0) is 10.3. The number of rotatable bonds is 6. The lowest BCUT2D eigenvalue weighted by molar-refractivity contribution is 0.568. The zero-order valence-corrected chi connectivity index (χ0v) is 10.5. The molecule has 4 heteroatoms. The van der Waals surface area contributed by atoms with Gasteiger partial charge in [0, 0.05) is 12.6 Å². The van der Waals surface area contributed by atoms with Gasteiger partial charge < -0.3 is 11.1 Å². The number of aliphatic imine (C=N–C) groups is 1. The molecule has 3 nitrogen and oxygen atoms in total. The van der Waals surface area contributed by atoms with Crippen LogP contribution < -0.4 is 11.1 Å². The Morgan fingerprint density at radius 2 is 2.31 bits per heavy atom. The topological polar surface area (TPSA) is 50.4 Å². The van der Waals surface area contributed by atoms with Crippen molar-refractivity contribution in [3.8, 4) is 0 Å². The minimum Gasteiger partial charge on any atom is -0.379 e. The van der Waals surface area contributed by atoms with Crippen LogP contribution in [0.5, 0.6) is 0 Å². The van der Waals surface area contributed by atoms with Crippen LogP contribution in [0.25, 0.3) is 0 Å². The molecule has 0 aliphatic heterocycles. The highest BCUT2D eigenvalue weighted by molar-refractivity contribution is 14.1. The third-order valence-corrected chi connectivity index (χ3v) is 2.20. The predicted molar refractivity (Wildman–Crippen MR) is 67.4 cm³/mol. The Morgan fingerprint density at radius 3 is 2.69 bits per heavy atom. The van der Waals surface area contributed by atoms with Gasteiger partial charge in [0.05, 0.1) is 0 Å². The van der Waals surface area contributed by atoms with Crippen LogP contribution >= 0.6 is 22.6 Å². The molecule has 0 radical (unpaired) electrons. The highest BCUT2D eigenvalue weighted by Gasteiger charge is 2.04. The summed E-state index contributed by atoms with van der Waals surface area (Å²) in [7, 11) is 1.95. The standard InChI is InChI=1S/C9H18IN3/c1-7(2)8(12-3)5-4-6-13-9(10)11/h8,12H,1,4-6H2,2-3H3,(H2,11,13). The van der Waals surface area contributed by atoms with Gasteiger partial charge in [0.15, 0.2) is 3.84 Å². The molecule has 0 amide bonds. The summed E-state index contributed by atoms with van der Waals surface area (Å²) in [6, 6.07) is 0.408. The van der Waals surface area contributed by atoms with E-state index in [0.717, 1.165) is 19.4 Å². The number of halogens is 1. The smallest absolute Gasteiger partial charge is 0.157 e. The van der Waals surface area contributed by atoms with Crippen LogP contribution in [-0.2, 0) is 0 Å². The van der Waals surface area contributed by atoms with Crippen LogP contribution in [0, 0.1) is 0 Å². The van der Waals surface area contributed by atoms with Crippen LogP contribution in [-0.4, -0.2) is 23.5 Å². The first kappa shape index (κ1) is 12.9. The fourth-order valence-electron chi connectivity index (χ4n) is 1.12. The van der Waals surface area contributed by atoms with Gasteiger partial charge in [-0.25, -0.2) is 0 Å². The van der Waals surface area contributed by atoms with E-state index in [0.29, 0.717) is 9.88 Å². The lowest BCUT2D eigenvalue weighted by atomic mass is 10.1. The van der Waals surface area contributed by atoms with E-state index < -0.39 is 0 Å². The molecule has 0 saturated heterocycles. The van der Waals surface area contributed by atoms with Gasteiger partial charge in [0.25, 0.3) is 0 Å². The molecule has 0 spiro atoms. The summed E-state index contributed by atoms with van der Waals surface area (Å²) in [5.41, 5.74) is 6.58. The molecule has 0 aliphatic carbocycles. The first-order valence-corrected chi connectivity index (χ1v) is 5.44. The van der Waals surface area contributed by atoms with Crippen molar-refractivity contribution < 1.29 is 0 Å². The van der Waals surface area contributed by atoms with Gasteiger partial charge in [0.1, 0.15) is 0 Å². The van der Waals surface area contributed by atoms with E-state index >= 15 is 0 Å². The fourth-order valence-corrected chi connectivity index (χ4v) is 1.36. The van der Waals surface area contributed by atoms with Crippen LogP contribution in [0.4, 0.5) is 0 Å². The first-order valence-electron chi connectivity index (χ1n) is 4.36. The second-order valence-electron chi connectivity index (χ2n) is 3.03. The Bertz CT molecular complexity index is 185. The summed E-state index contributed by atoms with van der Waals surface area (Å²) in [5.74, 6) is 0. The van der Waals surface area contributed by atoms with Crippen molar-refractivity contribution in [3.63, 3.8) is 0 Å². The number of nitrogens with zero attached hydrogens (tertiary/aromatic N) is 1. The van der Waals surface area contributed by atoms with Crippen molar-refractivity contribution in [1.29, 1.82) is 0 Å². The normalized spacial score (nSPS) is 14.2. The van der Waals surface area contributed by atoms with Gasteiger partial charge in [-0.2, -0.15) is 0 Å². The molecule has 1 unspecified atom stereocenters. The van der Waals surface area contributed by atoms with Crippen LogP contribution in [0.1, 0.15) is 19.8 Å². The maximum absolute atomic E-state index is 5.41. The van der Waals surface area contributed by atoms with Crippen molar-refractivity contribution >= 4 is 26.4 Å². The van der Waals surface area contributed by atoms with Gasteiger partial charge in [-0.1, -0.05) is 12.2 Å². The molecule has 0 fully saturated rings. The Labute approximate surface area is 94.0 Å². The Kier molecular flexibility index (Phi) is 7.26. The number of hydrogen-bond acceptors (Lipinski definition) is 2. The summed E-state index contributed by atoms with van der Waals surface area (Å²) < 4.78 is 0.633. The largest absolute Gasteiger partial charge is 0.379 e. The molecule has 0 aliphatic rings. The van der Waals surface area contributed by atoms with Crippen LogP contribution in [0.15, 0.2) is 17.1 Å². The van der Waals surface area contributed by atoms with E-state index in [9.17, 15) is 0 Å². The van der Waals surface area contributed by atoms with E-state index in [-0.39, 0.29) is 0 Å². The Morgan fingerprint density at radius 1 is 1.69 bits per heavy atom. The molecule has 0 aromatic heterocycles. The summed E-state index contributed by atoms with van der Waals surface area (Å²) in [5, 5.41) is 3.21. The summed E-state index contributed by atoms with van der Waals surface area (Å²) in [6.07, 6.45) is 2.11. The summed E-state index contributed by atoms with van der Waals surface area (Å²) in [4.78, 5) is 4.11. The van der Waals surface area contributed by atoms with E-state index in [4.69, 9.17) is 5.73 Å². The van der Waals surface area contributed by atoms with Crippen molar-refractivity contribution in [1.82, 2.24) is 5.32 Å². The van der Waals surface area contributed by atoms with Crippen molar-refractivity contribution in [3.05, 3.63) is 12.2 Å². The number of nitrogens with one attached hydrogen (secondary N) is 1. The average molecular weight is 295 g/mol. The minimum atomic E-state index is 0.408. The summed E-state index contributed by atoms with van der Waals surface area (Å²) >= 11 is 2.02. The van der Waals surface area contributed by atoms with Crippen molar-refractivity contribution in [2.45, 2.75) is 25.8 Å². The Balaban J connectivity index is 3.62. The third kappa shape index (κ3) is 7.01. The van der Waals surface area contributed by atoms with Gasteiger partial charge in [-0.15, -0.1) is 0 Å². The molecule has 0 aromatic carbocycles. The highest BCUT2D eigenvalue weighted by Crippen LogP contribution is 2.05. The van der Waals surface area contributed by atoms with E-state index in [1.54, 1.807) is 0 Å². The minimum absolute atomic E-state index is 0.408. The molecular formula is C9H18IN3. The highest BCUT2D eigenvalue weighted by atomic mass is 127. The summed E-state index contributed by atoms with van der Waals surface area (Å²) in [6.45, 7) is 6.76. The molecule has 76 valence electrons. The molecule has 0 saturated carbocycles. The lowest BCUT2D eigenvalue weighted by Crippen LogP contribution is -2.26. The second-order valence-corrected chi connectivity index (χ2v) is 4.14. The number of likely N-dealkylation sites (N-methyl/N-ethyl adjacent to an activating group) is 1. The van der Waals surface area contributed by atoms with Crippen molar-refractivity contribution in [2.24, 2.45) is 10.7 Å². The molecular weight excluding hydrogens is 277 g/mol. The van der Waals surface area contributed by atoms with Crippen LogP contribution in [0.2, 0.25) is 0 Å². The second kappa shape index (κ2) is 7.32. The van der Waals surface area contributed by atoms with Gasteiger partial charge in [0.2, 0.25) is 0 Å². The third-order valence-electron chi connectivity index (χ3n) is 1.86. The molecule has 0 rings (SSSR count). The van der Waals surface area contributed by atoms with Crippen molar-refractivity contribution in [2.75, 3.05) is 13.6 Å². The van der Waals surface area contributed by atoms with E-state index in [1.165, 1.54) is 5.57 Å². The Hall–Kier alpha value is -0.100. The quantitative estimate of drug-likeness (QED) is 0.196. The molecule has 1 atom stereocenters. The lowest BCUT2D eigenvalue weighted by Gasteiger charge is -2.14. The first-order chi connectivity index (χ1) is 6.07. The van der Waals surface area contributed by atoms with E-state index in [2.05, 4.69) is 16.9 Å². The average Bonchev–Trinajstić information content (AvgIpc) is 2.03. The molecule has 13 heavy (non-hydrogen) atoms. The molecule has 3 N–H and O–H groups in total. The SMILES string of the molecule is C=C(C)C(CCCN=C(N)I)NC. The number of hydrogen-bond donors (Lipinski definition) is 2. The number of nitrogens with two attached hydrogens (primary N) is 1. The predicted octanol–water partition coefficient (Wildman–Crippen LogP) is 1.68. The van der Waals surface area contributed by atoms with Gasteiger partial charge in [-0.05, 0) is 49.4 Å². The fraction of sp³-hybridized carbons (Fsp3) is 0.667. The molecule has 0 bridgehead atoms. The van der Waals surface area contributed by atoms with Gasteiger partial charge in [-0.3, -0.25) is 4.99 Å². The monoisotopic (exact) mass is 295 g/mol. The van der Waals surface area contributed by atoms with Gasteiger partial charge >= 0.3 is 0 Å². The maximum Gasteiger partial charge on any atom is 0.157 e. The zero-order valence-electron chi connectivity index (χ0n) is 8.31. The maximum atomic E-state index is 5.41. The number of amidine groups is 1. The van der Waals surface area contributed by atoms with E-state index in [1.807, 2.05) is 36.6 Å². The molecule has 0 heterocycles.